The van der Waals surface area contributed by atoms with Gasteiger partial charge in [0.05, 0.1) is 28.9 Å². The minimum absolute atomic E-state index is 0.345. The first-order chi connectivity index (χ1) is 15.7. The molecule has 2 aromatic heterocycles. The molecule has 2 unspecified atom stereocenters. The van der Waals surface area contributed by atoms with Crippen LogP contribution in [0.5, 0.6) is 5.75 Å². The van der Waals surface area contributed by atoms with E-state index in [1.54, 1.807) is 29.9 Å². The van der Waals surface area contributed by atoms with Crippen LogP contribution in [0, 0.1) is 5.92 Å². The Morgan fingerprint density at radius 1 is 1.16 bits per heavy atom. The normalized spacial score (nSPS) is 18.4. The Balaban J connectivity index is 1.28. The van der Waals surface area contributed by atoms with Crippen molar-refractivity contribution >= 4 is 44.1 Å². The maximum absolute atomic E-state index is 12.0. The lowest BCUT2D eigenvalue weighted by Gasteiger charge is -2.37. The number of aromatic nitrogens is 3. The van der Waals surface area contributed by atoms with Crippen LogP contribution in [0.2, 0.25) is 0 Å². The number of nitrogens with zero attached hydrogens (tertiary/aromatic N) is 4. The third kappa shape index (κ3) is 4.33. The first-order valence-corrected chi connectivity index (χ1v) is 11.2. The summed E-state index contributed by atoms with van der Waals surface area (Å²) in [6.45, 7) is 1.19. The second-order valence-electron chi connectivity index (χ2n) is 7.60. The van der Waals surface area contributed by atoms with E-state index in [1.165, 1.54) is 0 Å². The van der Waals surface area contributed by atoms with Crippen LogP contribution in [0.25, 0.3) is 10.2 Å². The monoisotopic (exact) mass is 446 g/mol. The van der Waals surface area contributed by atoms with Gasteiger partial charge in [0.25, 0.3) is 0 Å². The fourth-order valence-electron chi connectivity index (χ4n) is 3.86. The molecule has 3 N–H and O–H groups in total. The van der Waals surface area contributed by atoms with Gasteiger partial charge in [-0.2, -0.15) is 0 Å². The molecule has 2 atom stereocenters. The topological polar surface area (TPSA) is 106 Å². The lowest BCUT2D eigenvalue weighted by atomic mass is 9.93. The van der Waals surface area contributed by atoms with Crippen molar-refractivity contribution in [2.24, 2.45) is 11.7 Å². The van der Waals surface area contributed by atoms with Gasteiger partial charge in [0.1, 0.15) is 17.7 Å². The van der Waals surface area contributed by atoms with Crippen molar-refractivity contribution < 1.29 is 9.53 Å². The van der Waals surface area contributed by atoms with Crippen LogP contribution in [-0.2, 0) is 4.79 Å². The van der Waals surface area contributed by atoms with Crippen molar-refractivity contribution in [2.45, 2.75) is 12.5 Å². The highest BCUT2D eigenvalue weighted by Gasteiger charge is 2.35. The number of benzene rings is 2. The number of piperidine rings is 1. The highest BCUT2D eigenvalue weighted by atomic mass is 32.1. The summed E-state index contributed by atoms with van der Waals surface area (Å²) in [7, 11) is 0. The van der Waals surface area contributed by atoms with Crippen molar-refractivity contribution in [3.8, 4) is 5.75 Å². The van der Waals surface area contributed by atoms with Crippen molar-refractivity contribution in [3.05, 3.63) is 67.1 Å². The number of hydrogen-bond donors (Lipinski definition) is 2. The zero-order valence-electron chi connectivity index (χ0n) is 17.2. The zero-order chi connectivity index (χ0) is 21.9. The third-order valence-electron chi connectivity index (χ3n) is 5.49. The highest BCUT2D eigenvalue weighted by molar-refractivity contribution is 7.22. The first kappa shape index (κ1) is 20.2. The van der Waals surface area contributed by atoms with E-state index in [4.69, 9.17) is 10.5 Å². The number of nitrogens with two attached hydrogens (primary N) is 1. The van der Waals surface area contributed by atoms with E-state index in [9.17, 15) is 4.79 Å². The van der Waals surface area contributed by atoms with E-state index < -0.39 is 0 Å². The molecule has 4 aromatic rings. The summed E-state index contributed by atoms with van der Waals surface area (Å²) < 4.78 is 7.34. The second-order valence-corrected chi connectivity index (χ2v) is 8.63. The van der Waals surface area contributed by atoms with Gasteiger partial charge in [-0.15, -0.1) is 0 Å². The van der Waals surface area contributed by atoms with Gasteiger partial charge in [-0.3, -0.25) is 9.78 Å². The average molecular weight is 447 g/mol. The first-order valence-electron chi connectivity index (χ1n) is 10.4. The van der Waals surface area contributed by atoms with Gasteiger partial charge in [0.2, 0.25) is 5.91 Å². The van der Waals surface area contributed by atoms with E-state index in [2.05, 4.69) is 31.2 Å². The molecule has 1 saturated heterocycles. The molecule has 0 bridgehead atoms. The zero-order valence-corrected chi connectivity index (χ0v) is 18.0. The number of thiazole rings is 1. The van der Waals surface area contributed by atoms with E-state index >= 15 is 0 Å². The molecule has 32 heavy (non-hydrogen) atoms. The molecule has 162 valence electrons. The predicted octanol–water partition coefficient (Wildman–Crippen LogP) is 3.59. The van der Waals surface area contributed by atoms with Crippen LogP contribution >= 0.6 is 11.3 Å². The van der Waals surface area contributed by atoms with Gasteiger partial charge in [-0.05, 0) is 42.8 Å². The Bertz CT molecular complexity index is 1180. The number of anilines is 3. The highest BCUT2D eigenvalue weighted by Crippen LogP contribution is 2.30. The van der Waals surface area contributed by atoms with E-state index in [1.807, 2.05) is 42.5 Å². The molecule has 1 amide bonds. The van der Waals surface area contributed by atoms with Crippen LogP contribution in [0.4, 0.5) is 16.6 Å². The number of carbonyl (C=O) groups is 1. The van der Waals surface area contributed by atoms with E-state index in [0.29, 0.717) is 25.3 Å². The smallest absolute Gasteiger partial charge is 0.224 e. The lowest BCUT2D eigenvalue weighted by molar-refractivity contribution is -0.125. The fourth-order valence-corrected chi connectivity index (χ4v) is 4.75. The Kier molecular flexibility index (Phi) is 5.55. The number of ether oxygens (including phenoxy) is 1. The van der Waals surface area contributed by atoms with Crippen molar-refractivity contribution in [3.63, 3.8) is 0 Å². The van der Waals surface area contributed by atoms with Gasteiger partial charge in [0.15, 0.2) is 5.13 Å². The molecule has 0 saturated carbocycles. The summed E-state index contributed by atoms with van der Waals surface area (Å²) in [5, 5.41) is 4.17. The van der Waals surface area contributed by atoms with Gasteiger partial charge in [-0.25, -0.2) is 9.97 Å². The number of fused-ring (bicyclic) bond motifs is 1. The average Bonchev–Trinajstić information content (AvgIpc) is 3.23. The molecule has 0 radical (unpaired) electrons. The third-order valence-corrected chi connectivity index (χ3v) is 6.44. The van der Waals surface area contributed by atoms with E-state index in [0.717, 1.165) is 26.9 Å². The summed E-state index contributed by atoms with van der Waals surface area (Å²) in [6, 6.07) is 15.7. The van der Waals surface area contributed by atoms with Crippen LogP contribution in [0.15, 0.2) is 67.1 Å². The summed E-state index contributed by atoms with van der Waals surface area (Å²) in [5.74, 6) is 0.739. The van der Waals surface area contributed by atoms with Crippen LogP contribution < -0.4 is 20.7 Å². The maximum Gasteiger partial charge on any atom is 0.224 e. The SMILES string of the molecule is NC(=O)C1CCN(c2cnccn2)CC1Oc1ccc(Nc2nc3ccccc3s2)cc1. The summed E-state index contributed by atoms with van der Waals surface area (Å²) in [5.41, 5.74) is 7.54. The maximum atomic E-state index is 12.0. The minimum atomic E-state index is -0.369. The number of amides is 1. The van der Waals surface area contributed by atoms with Crippen molar-refractivity contribution in [1.82, 2.24) is 15.0 Å². The molecule has 0 aliphatic carbocycles. The van der Waals surface area contributed by atoms with Gasteiger partial charge in [-0.1, -0.05) is 23.5 Å². The Hall–Kier alpha value is -3.72. The Morgan fingerprint density at radius 2 is 2.00 bits per heavy atom. The Morgan fingerprint density at radius 3 is 2.75 bits per heavy atom. The molecule has 0 spiro atoms. The van der Waals surface area contributed by atoms with Crippen LogP contribution in [0.3, 0.4) is 0 Å². The van der Waals surface area contributed by atoms with Crippen molar-refractivity contribution in [2.75, 3.05) is 23.3 Å². The predicted molar refractivity (Wildman–Crippen MR) is 125 cm³/mol. The molecule has 8 nitrogen and oxygen atoms in total. The number of para-hydroxylation sites is 1. The van der Waals surface area contributed by atoms with Gasteiger partial charge >= 0.3 is 0 Å². The molecule has 1 fully saturated rings. The number of hydrogen-bond acceptors (Lipinski definition) is 8. The Labute approximate surface area is 189 Å². The van der Waals surface area contributed by atoms with Crippen LogP contribution in [0.1, 0.15) is 6.42 Å². The van der Waals surface area contributed by atoms with Gasteiger partial charge < -0.3 is 20.7 Å². The second kappa shape index (κ2) is 8.80. The van der Waals surface area contributed by atoms with Crippen LogP contribution in [-0.4, -0.2) is 40.1 Å². The molecule has 1 aliphatic rings. The molecule has 9 heteroatoms. The standard InChI is InChI=1S/C23H22N6O2S/c24-22(30)17-9-12-29(21-13-25-10-11-26-21)14-19(17)31-16-7-5-15(6-8-16)27-23-28-18-3-1-2-4-20(18)32-23/h1-8,10-11,13,17,19H,9,12,14H2,(H2,24,30)(H,27,28). The summed E-state index contributed by atoms with van der Waals surface area (Å²) >= 11 is 1.61. The number of nitrogens with one attached hydrogen (secondary N) is 1. The number of carbonyl (C=O) groups excluding carboxylic acids is 1. The largest absolute Gasteiger partial charge is 0.488 e. The molecular formula is C23H22N6O2S. The van der Waals surface area contributed by atoms with Gasteiger partial charge in [0, 0.05) is 24.6 Å². The van der Waals surface area contributed by atoms with E-state index in [-0.39, 0.29) is 17.9 Å². The fraction of sp³-hybridized carbons (Fsp3) is 0.217. The quantitative estimate of drug-likeness (QED) is 0.466. The molecule has 1 aliphatic heterocycles. The minimum Gasteiger partial charge on any atom is -0.488 e. The summed E-state index contributed by atoms with van der Waals surface area (Å²) in [6.07, 6.45) is 5.24. The lowest BCUT2D eigenvalue weighted by Crippen LogP contribution is -2.51. The molecule has 2 aromatic carbocycles. The molecular weight excluding hydrogens is 424 g/mol. The molecule has 3 heterocycles. The molecule has 5 rings (SSSR count). The number of primary amides is 1. The van der Waals surface area contributed by atoms with Crippen molar-refractivity contribution in [1.29, 1.82) is 0 Å². The summed E-state index contributed by atoms with van der Waals surface area (Å²) in [4.78, 5) is 27.2. The number of rotatable bonds is 6.